The number of hydrogen-bond donors (Lipinski definition) is 2. The summed E-state index contributed by atoms with van der Waals surface area (Å²) in [4.78, 5) is 38.1. The highest BCUT2D eigenvalue weighted by Crippen LogP contribution is 2.61. The summed E-state index contributed by atoms with van der Waals surface area (Å²) in [7, 11) is 0. The molecule has 5 rings (SSSR count). The van der Waals surface area contributed by atoms with E-state index in [9.17, 15) is 14.4 Å². The van der Waals surface area contributed by atoms with Gasteiger partial charge >= 0.3 is 6.03 Å². The highest BCUT2D eigenvalue weighted by molar-refractivity contribution is 6.06. The van der Waals surface area contributed by atoms with Gasteiger partial charge in [-0.25, -0.2) is 4.79 Å². The molecule has 144 valence electrons. The smallest absolute Gasteiger partial charge is 0.325 e. The Morgan fingerprint density at radius 3 is 2.12 bits per heavy atom. The first kappa shape index (κ1) is 17.8. The van der Waals surface area contributed by atoms with E-state index in [1.165, 1.54) is 38.5 Å². The van der Waals surface area contributed by atoms with Crippen molar-refractivity contribution in [1.29, 1.82) is 0 Å². The second-order valence-electron chi connectivity index (χ2n) is 9.66. The van der Waals surface area contributed by atoms with E-state index < -0.39 is 12.1 Å². The molecule has 0 unspecified atom stereocenters. The van der Waals surface area contributed by atoms with Gasteiger partial charge in [-0.15, -0.1) is 0 Å². The predicted molar refractivity (Wildman–Crippen MR) is 97.1 cm³/mol. The first-order chi connectivity index (χ1) is 12.3. The Kier molecular flexibility index (Phi) is 4.27. The van der Waals surface area contributed by atoms with Crippen LogP contribution in [0.25, 0.3) is 0 Å². The Labute approximate surface area is 155 Å². The molecule has 4 saturated carbocycles. The van der Waals surface area contributed by atoms with Crippen LogP contribution in [0.2, 0.25) is 0 Å². The van der Waals surface area contributed by atoms with Crippen molar-refractivity contribution in [2.24, 2.45) is 29.1 Å². The number of carbonyl (C=O) groups is 3. The van der Waals surface area contributed by atoms with Crippen LogP contribution in [0.3, 0.4) is 0 Å². The zero-order valence-corrected chi connectivity index (χ0v) is 16.1. The van der Waals surface area contributed by atoms with Crippen molar-refractivity contribution < 1.29 is 14.4 Å². The molecule has 26 heavy (non-hydrogen) atoms. The van der Waals surface area contributed by atoms with Gasteiger partial charge < -0.3 is 10.6 Å². The molecule has 4 amide bonds. The third-order valence-corrected chi connectivity index (χ3v) is 7.41. The minimum Gasteiger partial charge on any atom is -0.352 e. The normalized spacial score (nSPS) is 39.5. The van der Waals surface area contributed by atoms with Crippen molar-refractivity contribution >= 4 is 17.8 Å². The largest absolute Gasteiger partial charge is 0.352 e. The zero-order chi connectivity index (χ0) is 18.6. The lowest BCUT2D eigenvalue weighted by Crippen LogP contribution is -2.57. The van der Waals surface area contributed by atoms with Crippen LogP contribution in [-0.2, 0) is 9.59 Å². The number of carbonyl (C=O) groups excluding carboxylic acids is 3. The molecule has 5 aliphatic rings. The maximum Gasteiger partial charge on any atom is 0.325 e. The third-order valence-electron chi connectivity index (χ3n) is 7.41. The summed E-state index contributed by atoms with van der Waals surface area (Å²) < 4.78 is 0. The van der Waals surface area contributed by atoms with Crippen molar-refractivity contribution in [3.63, 3.8) is 0 Å². The van der Waals surface area contributed by atoms with Gasteiger partial charge in [0, 0.05) is 6.04 Å². The summed E-state index contributed by atoms with van der Waals surface area (Å²) in [6.45, 7) is 5.72. The van der Waals surface area contributed by atoms with Crippen LogP contribution in [0, 0.1) is 29.1 Å². The molecule has 0 aromatic heterocycles. The van der Waals surface area contributed by atoms with E-state index in [0.29, 0.717) is 0 Å². The summed E-state index contributed by atoms with van der Waals surface area (Å²) in [5.41, 5.74) is 0.224. The zero-order valence-electron chi connectivity index (χ0n) is 16.1. The Hall–Kier alpha value is -1.59. The number of nitrogens with zero attached hydrogens (tertiary/aromatic N) is 1. The van der Waals surface area contributed by atoms with Gasteiger partial charge in [-0.1, -0.05) is 13.8 Å². The van der Waals surface area contributed by atoms with Crippen LogP contribution in [0.5, 0.6) is 0 Å². The van der Waals surface area contributed by atoms with E-state index in [-0.39, 0.29) is 35.7 Å². The molecule has 0 spiro atoms. The summed E-state index contributed by atoms with van der Waals surface area (Å²) >= 11 is 0. The molecule has 4 bridgehead atoms. The quantitative estimate of drug-likeness (QED) is 0.738. The monoisotopic (exact) mass is 361 g/mol. The molecular weight excluding hydrogens is 330 g/mol. The van der Waals surface area contributed by atoms with Crippen molar-refractivity contribution in [1.82, 2.24) is 15.5 Å². The van der Waals surface area contributed by atoms with Gasteiger partial charge in [0.05, 0.1) is 0 Å². The molecule has 5 fully saturated rings. The van der Waals surface area contributed by atoms with Crippen LogP contribution in [0.15, 0.2) is 0 Å². The average molecular weight is 361 g/mol. The van der Waals surface area contributed by atoms with Gasteiger partial charge in [0.25, 0.3) is 5.91 Å². The van der Waals surface area contributed by atoms with Gasteiger partial charge in [-0.05, 0) is 74.5 Å². The second-order valence-corrected chi connectivity index (χ2v) is 9.66. The second kappa shape index (κ2) is 6.24. The standard InChI is InChI=1S/C20H31N3O3/c1-11(2)17-18(25)23(19(26)22-17)10-16(24)21-12(3)20-7-13-4-14(8-20)6-15(5-13)9-20/h11-15,17H,4-10H2,1-3H3,(H,21,24)(H,22,26)/t12-,13?,14?,15?,17-,20?/m0/s1. The van der Waals surface area contributed by atoms with Crippen LogP contribution in [-0.4, -0.2) is 41.4 Å². The van der Waals surface area contributed by atoms with Crippen molar-refractivity contribution in [2.45, 2.75) is 71.4 Å². The lowest BCUT2D eigenvalue weighted by atomic mass is 9.48. The maximum absolute atomic E-state index is 12.6. The van der Waals surface area contributed by atoms with Crippen LogP contribution < -0.4 is 10.6 Å². The number of nitrogens with one attached hydrogen (secondary N) is 2. The fourth-order valence-electron chi connectivity index (χ4n) is 6.43. The molecule has 1 saturated heterocycles. The molecule has 4 aliphatic carbocycles. The lowest BCUT2D eigenvalue weighted by molar-refractivity contribution is -0.134. The Morgan fingerprint density at radius 1 is 1.12 bits per heavy atom. The van der Waals surface area contributed by atoms with Crippen molar-refractivity contribution in [3.8, 4) is 0 Å². The first-order valence-electron chi connectivity index (χ1n) is 10.2. The SMILES string of the molecule is CC(C)[C@@H]1NC(=O)N(CC(=O)N[C@@H](C)C23CC4CC(CC(C4)C2)C3)C1=O. The molecule has 6 heteroatoms. The highest BCUT2D eigenvalue weighted by Gasteiger charge is 2.53. The average Bonchev–Trinajstić information content (AvgIpc) is 2.82. The van der Waals surface area contributed by atoms with Crippen LogP contribution >= 0.6 is 0 Å². The molecule has 0 radical (unpaired) electrons. The highest BCUT2D eigenvalue weighted by atomic mass is 16.2. The van der Waals surface area contributed by atoms with Gasteiger partial charge in [-0.3, -0.25) is 14.5 Å². The Balaban J connectivity index is 1.38. The fourth-order valence-corrected chi connectivity index (χ4v) is 6.43. The number of hydrogen-bond acceptors (Lipinski definition) is 3. The molecule has 0 aromatic carbocycles. The van der Waals surface area contributed by atoms with Crippen LogP contribution in [0.1, 0.15) is 59.3 Å². The van der Waals surface area contributed by atoms with E-state index in [2.05, 4.69) is 17.6 Å². The third kappa shape index (κ3) is 2.91. The summed E-state index contributed by atoms with van der Waals surface area (Å²) in [6.07, 6.45) is 7.79. The van der Waals surface area contributed by atoms with E-state index >= 15 is 0 Å². The van der Waals surface area contributed by atoms with Crippen molar-refractivity contribution in [3.05, 3.63) is 0 Å². The Morgan fingerprint density at radius 2 is 1.65 bits per heavy atom. The van der Waals surface area contributed by atoms with E-state index in [0.717, 1.165) is 22.7 Å². The molecule has 1 aliphatic heterocycles. The molecule has 1 heterocycles. The molecule has 6 nitrogen and oxygen atoms in total. The summed E-state index contributed by atoms with van der Waals surface area (Å²) in [6, 6.07) is -0.868. The predicted octanol–water partition coefficient (Wildman–Crippen LogP) is 2.28. The van der Waals surface area contributed by atoms with Gasteiger partial charge in [0.1, 0.15) is 12.6 Å². The van der Waals surface area contributed by atoms with Gasteiger partial charge in [0.15, 0.2) is 0 Å². The number of rotatable bonds is 5. The molecule has 0 aromatic rings. The van der Waals surface area contributed by atoms with Gasteiger partial charge in [-0.2, -0.15) is 0 Å². The minimum atomic E-state index is -0.518. The minimum absolute atomic E-state index is 0.0189. The number of amides is 4. The Bertz CT molecular complexity index is 595. The number of urea groups is 1. The first-order valence-corrected chi connectivity index (χ1v) is 10.2. The fraction of sp³-hybridized carbons (Fsp3) is 0.850. The lowest BCUT2D eigenvalue weighted by Gasteiger charge is -2.59. The van der Waals surface area contributed by atoms with E-state index in [1.807, 2.05) is 13.8 Å². The van der Waals surface area contributed by atoms with E-state index in [4.69, 9.17) is 0 Å². The maximum atomic E-state index is 12.6. The van der Waals surface area contributed by atoms with Crippen molar-refractivity contribution in [2.75, 3.05) is 6.54 Å². The summed E-state index contributed by atoms with van der Waals surface area (Å²) in [5.74, 6) is 2.00. The molecule has 2 N–H and O–H groups in total. The molecular formula is C20H31N3O3. The topological polar surface area (TPSA) is 78.5 Å². The summed E-state index contributed by atoms with van der Waals surface area (Å²) in [5, 5.41) is 5.81. The van der Waals surface area contributed by atoms with Gasteiger partial charge in [0.2, 0.25) is 5.91 Å². The van der Waals surface area contributed by atoms with Crippen LogP contribution in [0.4, 0.5) is 4.79 Å². The van der Waals surface area contributed by atoms with E-state index in [1.54, 1.807) is 0 Å². The number of imide groups is 1. The molecule has 2 atom stereocenters.